The number of benzene rings is 1. The van der Waals surface area contributed by atoms with Crippen LogP contribution in [-0.2, 0) is 11.3 Å². The van der Waals surface area contributed by atoms with E-state index < -0.39 is 24.9 Å². The smallest absolute Gasteiger partial charge is 0.319 e. The molecule has 5 nitrogen and oxygen atoms in total. The molecule has 0 atom stereocenters. The Balaban J connectivity index is 1.92. The average Bonchev–Trinajstić information content (AvgIpc) is 2.94. The molecule has 0 saturated heterocycles. The molecule has 1 aromatic carbocycles. The molecule has 1 heterocycles. The molecule has 0 fully saturated rings. The van der Waals surface area contributed by atoms with Crippen molar-refractivity contribution in [3.05, 3.63) is 48.3 Å². The topological polar surface area (TPSA) is 47.4 Å². The van der Waals surface area contributed by atoms with Crippen molar-refractivity contribution in [3.8, 4) is 5.75 Å². The maximum atomic E-state index is 13.3. The summed E-state index contributed by atoms with van der Waals surface area (Å²) in [6, 6.07) is 5.68. The third kappa shape index (κ3) is 3.78. The molecule has 2 aromatic rings. The van der Waals surface area contributed by atoms with Gasteiger partial charge >= 0.3 is 6.55 Å². The van der Waals surface area contributed by atoms with Crippen LogP contribution in [0.25, 0.3) is 0 Å². The van der Waals surface area contributed by atoms with Crippen molar-refractivity contribution in [2.45, 2.75) is 13.1 Å². The Morgan fingerprint density at radius 3 is 2.82 bits per heavy atom. The van der Waals surface area contributed by atoms with Crippen LogP contribution in [0.15, 0.2) is 36.7 Å². The number of halogens is 3. The summed E-state index contributed by atoms with van der Waals surface area (Å²) in [6.45, 7) is -3.22. The molecule has 2 rings (SSSR count). The van der Waals surface area contributed by atoms with Gasteiger partial charge in [-0.15, -0.1) is 0 Å². The van der Waals surface area contributed by atoms with Crippen LogP contribution >= 0.6 is 0 Å². The number of carbonyl (C=O) groups is 1. The second kappa shape index (κ2) is 6.97. The lowest BCUT2D eigenvalue weighted by atomic mass is 10.3. The van der Waals surface area contributed by atoms with Crippen LogP contribution in [0.5, 0.6) is 5.75 Å². The van der Waals surface area contributed by atoms with E-state index in [-0.39, 0.29) is 18.1 Å². The number of alkyl halides is 2. The van der Waals surface area contributed by atoms with Gasteiger partial charge in [-0.25, -0.2) is 9.37 Å². The molecular formula is C14H14F3N3O2. The maximum Gasteiger partial charge on any atom is 0.319 e. The Hall–Kier alpha value is -2.51. The minimum Gasteiger partial charge on any atom is -0.481 e. The zero-order valence-corrected chi connectivity index (χ0v) is 11.7. The highest BCUT2D eigenvalue weighted by Gasteiger charge is 2.17. The number of likely N-dealkylation sites (N-methyl/N-ethyl adjacent to an activating group) is 1. The highest BCUT2D eigenvalue weighted by atomic mass is 19.3. The van der Waals surface area contributed by atoms with E-state index in [0.29, 0.717) is 4.57 Å². The van der Waals surface area contributed by atoms with Crippen molar-refractivity contribution in [3.63, 3.8) is 0 Å². The first-order valence-corrected chi connectivity index (χ1v) is 6.40. The zero-order chi connectivity index (χ0) is 16.1. The summed E-state index contributed by atoms with van der Waals surface area (Å²) in [5, 5.41) is 0. The summed E-state index contributed by atoms with van der Waals surface area (Å²) in [7, 11) is 1.43. The fraction of sp³-hybridized carbons (Fsp3) is 0.286. The molecule has 0 bridgehead atoms. The number of carbonyl (C=O) groups excluding carboxylic acids is 1. The van der Waals surface area contributed by atoms with Crippen molar-refractivity contribution in [2.24, 2.45) is 0 Å². The van der Waals surface area contributed by atoms with E-state index in [1.807, 2.05) is 0 Å². The van der Waals surface area contributed by atoms with E-state index in [0.717, 1.165) is 6.20 Å². The average molecular weight is 313 g/mol. The van der Waals surface area contributed by atoms with Crippen molar-refractivity contribution in [2.75, 3.05) is 13.7 Å². The molecule has 1 aromatic heterocycles. The van der Waals surface area contributed by atoms with Gasteiger partial charge in [0.25, 0.3) is 5.91 Å². The van der Waals surface area contributed by atoms with Crippen LogP contribution in [0, 0.1) is 5.82 Å². The van der Waals surface area contributed by atoms with Crippen LogP contribution in [0.3, 0.4) is 0 Å². The molecule has 0 spiro atoms. The van der Waals surface area contributed by atoms with Gasteiger partial charge in [0.05, 0.1) is 6.54 Å². The first kappa shape index (κ1) is 15.9. The fourth-order valence-electron chi connectivity index (χ4n) is 1.76. The Labute approximate surface area is 124 Å². The number of aromatic nitrogens is 2. The lowest BCUT2D eigenvalue weighted by molar-refractivity contribution is -0.132. The Kier molecular flexibility index (Phi) is 5.03. The molecule has 1 amide bonds. The number of hydrogen-bond acceptors (Lipinski definition) is 3. The number of rotatable bonds is 6. The van der Waals surface area contributed by atoms with Crippen LogP contribution < -0.4 is 4.74 Å². The minimum atomic E-state index is -2.73. The summed E-state index contributed by atoms with van der Waals surface area (Å²) in [5.74, 6) is -1.05. The van der Waals surface area contributed by atoms with Gasteiger partial charge in [-0.2, -0.15) is 8.78 Å². The molecule has 0 aliphatic heterocycles. The molecule has 22 heavy (non-hydrogen) atoms. The second-order valence-corrected chi connectivity index (χ2v) is 4.50. The zero-order valence-electron chi connectivity index (χ0n) is 11.7. The first-order valence-electron chi connectivity index (χ1n) is 6.40. The SMILES string of the molecule is CN(Cc1nccn1C(F)F)C(=O)COc1ccccc1F. The standard InChI is InChI=1S/C14H14F3N3O2/c1-19(8-12-18-6-7-20(12)14(16)17)13(21)9-22-11-5-3-2-4-10(11)15/h2-7,14H,8-9H2,1H3. The molecule has 0 unspecified atom stereocenters. The highest BCUT2D eigenvalue weighted by Crippen LogP contribution is 2.16. The van der Waals surface area contributed by atoms with E-state index in [2.05, 4.69) is 4.98 Å². The van der Waals surface area contributed by atoms with Crippen molar-refractivity contribution >= 4 is 5.91 Å². The second-order valence-electron chi connectivity index (χ2n) is 4.50. The first-order chi connectivity index (χ1) is 10.5. The van der Waals surface area contributed by atoms with Crippen molar-refractivity contribution in [1.29, 1.82) is 0 Å². The minimum absolute atomic E-state index is 0.0432. The summed E-state index contributed by atoms with van der Waals surface area (Å²) in [5.41, 5.74) is 0. The van der Waals surface area contributed by atoms with Crippen LogP contribution in [0.1, 0.15) is 12.4 Å². The summed E-state index contributed by atoms with van der Waals surface area (Å²) >= 11 is 0. The van der Waals surface area contributed by atoms with Crippen molar-refractivity contribution < 1.29 is 22.7 Å². The number of hydrogen-bond donors (Lipinski definition) is 0. The Morgan fingerprint density at radius 2 is 2.14 bits per heavy atom. The lowest BCUT2D eigenvalue weighted by Crippen LogP contribution is -2.32. The monoisotopic (exact) mass is 313 g/mol. The molecule has 0 N–H and O–H groups in total. The summed E-state index contributed by atoms with van der Waals surface area (Å²) < 4.78 is 44.4. The lowest BCUT2D eigenvalue weighted by Gasteiger charge is -2.18. The van der Waals surface area contributed by atoms with Gasteiger partial charge in [-0.3, -0.25) is 9.36 Å². The van der Waals surface area contributed by atoms with E-state index in [4.69, 9.17) is 4.74 Å². The van der Waals surface area contributed by atoms with Gasteiger partial charge in [0.15, 0.2) is 18.2 Å². The molecule has 0 aliphatic rings. The van der Waals surface area contributed by atoms with Gasteiger partial charge in [0.1, 0.15) is 5.82 Å². The van der Waals surface area contributed by atoms with E-state index in [1.165, 1.54) is 36.3 Å². The normalized spacial score (nSPS) is 10.8. The molecule has 8 heteroatoms. The number of para-hydroxylation sites is 1. The highest BCUT2D eigenvalue weighted by molar-refractivity contribution is 5.77. The predicted octanol–water partition coefficient (Wildman–Crippen LogP) is 2.45. The number of imidazole rings is 1. The molecule has 0 radical (unpaired) electrons. The molecule has 0 aliphatic carbocycles. The third-order valence-corrected chi connectivity index (χ3v) is 2.95. The number of nitrogens with zero attached hydrogens (tertiary/aromatic N) is 3. The van der Waals surface area contributed by atoms with Crippen molar-refractivity contribution in [1.82, 2.24) is 14.5 Å². The van der Waals surface area contributed by atoms with Crippen LogP contribution in [0.4, 0.5) is 13.2 Å². The summed E-state index contributed by atoms with van der Waals surface area (Å²) in [4.78, 5) is 16.9. The maximum absolute atomic E-state index is 13.3. The van der Waals surface area contributed by atoms with E-state index in [9.17, 15) is 18.0 Å². The van der Waals surface area contributed by atoms with E-state index >= 15 is 0 Å². The Bertz CT molecular complexity index is 646. The van der Waals surface area contributed by atoms with Gasteiger partial charge < -0.3 is 9.64 Å². The largest absolute Gasteiger partial charge is 0.481 e. The molecule has 118 valence electrons. The van der Waals surface area contributed by atoms with E-state index in [1.54, 1.807) is 6.07 Å². The number of ether oxygens (including phenoxy) is 1. The fourth-order valence-corrected chi connectivity index (χ4v) is 1.76. The van der Waals surface area contributed by atoms with Gasteiger partial charge in [-0.1, -0.05) is 12.1 Å². The van der Waals surface area contributed by atoms with Gasteiger partial charge in [0.2, 0.25) is 0 Å². The summed E-state index contributed by atoms with van der Waals surface area (Å²) in [6.07, 6.45) is 2.36. The quantitative estimate of drug-likeness (QED) is 0.823. The predicted molar refractivity (Wildman–Crippen MR) is 71.8 cm³/mol. The van der Waals surface area contributed by atoms with Gasteiger partial charge in [-0.05, 0) is 12.1 Å². The Morgan fingerprint density at radius 1 is 1.41 bits per heavy atom. The number of amides is 1. The molecular weight excluding hydrogens is 299 g/mol. The van der Waals surface area contributed by atoms with Crippen LogP contribution in [-0.4, -0.2) is 34.0 Å². The molecule has 0 saturated carbocycles. The van der Waals surface area contributed by atoms with Gasteiger partial charge in [0, 0.05) is 19.4 Å². The third-order valence-electron chi connectivity index (χ3n) is 2.95. The van der Waals surface area contributed by atoms with Crippen LogP contribution in [0.2, 0.25) is 0 Å².